The Kier molecular flexibility index (Phi) is 4.76. The average Bonchev–Trinajstić information content (AvgIpc) is 3.49. The van der Waals surface area contributed by atoms with E-state index >= 15 is 0 Å². The maximum atomic E-state index is 12.8. The number of nitrogens with one attached hydrogen (secondary N) is 2. The van der Waals surface area contributed by atoms with Gasteiger partial charge in [-0.15, -0.1) is 16.4 Å². The first-order valence-electron chi connectivity index (χ1n) is 9.30. The number of thiophene rings is 1. The van der Waals surface area contributed by atoms with Gasteiger partial charge in [-0.1, -0.05) is 41.6 Å². The lowest BCUT2D eigenvalue weighted by molar-refractivity contribution is 0.583. The van der Waals surface area contributed by atoms with Crippen molar-refractivity contribution >= 4 is 33.3 Å². The van der Waals surface area contributed by atoms with Crippen molar-refractivity contribution in [1.82, 2.24) is 25.1 Å². The van der Waals surface area contributed by atoms with E-state index < -0.39 is 0 Å². The highest BCUT2D eigenvalue weighted by Crippen LogP contribution is 2.35. The van der Waals surface area contributed by atoms with Gasteiger partial charge in [-0.05, 0) is 26.0 Å². The first-order chi connectivity index (χ1) is 14.6. The van der Waals surface area contributed by atoms with E-state index in [4.69, 9.17) is 4.42 Å². The van der Waals surface area contributed by atoms with E-state index in [-0.39, 0.29) is 10.8 Å². The van der Waals surface area contributed by atoms with Gasteiger partial charge in [0.05, 0.1) is 16.9 Å². The molecular formula is C21H17N5O2S2. The summed E-state index contributed by atoms with van der Waals surface area (Å²) in [7, 11) is 0. The van der Waals surface area contributed by atoms with Crippen LogP contribution in [-0.2, 0) is 0 Å². The first kappa shape index (κ1) is 18.8. The third kappa shape index (κ3) is 3.46. The van der Waals surface area contributed by atoms with Crippen LogP contribution < -0.4 is 5.56 Å². The smallest absolute Gasteiger partial charge is 0.260 e. The molecule has 1 aromatic carbocycles. The summed E-state index contributed by atoms with van der Waals surface area (Å²) in [6.07, 6.45) is 1.59. The van der Waals surface area contributed by atoms with Crippen molar-refractivity contribution < 1.29 is 4.42 Å². The quantitative estimate of drug-likeness (QED) is 0.368. The summed E-state index contributed by atoms with van der Waals surface area (Å²) in [6, 6.07) is 11.7. The van der Waals surface area contributed by atoms with Crippen LogP contribution in [0.15, 0.2) is 62.4 Å². The molecule has 150 valence electrons. The number of fused-ring (bicyclic) bond motifs is 1. The number of H-pyrrole nitrogens is 2. The van der Waals surface area contributed by atoms with Crippen LogP contribution >= 0.6 is 23.1 Å². The highest BCUT2D eigenvalue weighted by molar-refractivity contribution is 7.99. The predicted molar refractivity (Wildman–Crippen MR) is 119 cm³/mol. The zero-order valence-electron chi connectivity index (χ0n) is 16.2. The fourth-order valence-electron chi connectivity index (χ4n) is 3.12. The Morgan fingerprint density at radius 2 is 2.00 bits per heavy atom. The third-order valence-corrected chi connectivity index (χ3v) is 6.55. The Balaban J connectivity index is 1.41. The van der Waals surface area contributed by atoms with Crippen molar-refractivity contribution in [3.63, 3.8) is 0 Å². The Morgan fingerprint density at radius 3 is 2.77 bits per heavy atom. The van der Waals surface area contributed by atoms with Crippen LogP contribution in [0.1, 0.15) is 23.6 Å². The van der Waals surface area contributed by atoms with Gasteiger partial charge in [0.25, 0.3) is 5.56 Å². The molecule has 7 nitrogen and oxygen atoms in total. The zero-order valence-corrected chi connectivity index (χ0v) is 17.8. The summed E-state index contributed by atoms with van der Waals surface area (Å²) in [4.78, 5) is 25.6. The van der Waals surface area contributed by atoms with Crippen LogP contribution in [0.4, 0.5) is 0 Å². The van der Waals surface area contributed by atoms with Gasteiger partial charge in [-0.25, -0.2) is 9.97 Å². The highest BCUT2D eigenvalue weighted by atomic mass is 32.2. The second kappa shape index (κ2) is 7.58. The number of aromatic nitrogens is 5. The van der Waals surface area contributed by atoms with E-state index in [1.807, 2.05) is 49.6 Å². The third-order valence-electron chi connectivity index (χ3n) is 4.71. The molecule has 0 saturated heterocycles. The number of furan rings is 1. The fourth-order valence-corrected chi connectivity index (χ4v) is 4.84. The van der Waals surface area contributed by atoms with Gasteiger partial charge in [-0.3, -0.25) is 9.89 Å². The molecule has 0 aliphatic heterocycles. The van der Waals surface area contributed by atoms with Gasteiger partial charge >= 0.3 is 0 Å². The van der Waals surface area contributed by atoms with E-state index in [1.165, 1.54) is 28.7 Å². The topological polar surface area (TPSA) is 100 Å². The van der Waals surface area contributed by atoms with Gasteiger partial charge < -0.3 is 9.40 Å². The van der Waals surface area contributed by atoms with Gasteiger partial charge in [0.15, 0.2) is 5.82 Å². The Morgan fingerprint density at radius 1 is 1.17 bits per heavy atom. The zero-order chi connectivity index (χ0) is 20.7. The number of hydrogen-bond donors (Lipinski definition) is 2. The van der Waals surface area contributed by atoms with Crippen molar-refractivity contribution in [2.24, 2.45) is 0 Å². The van der Waals surface area contributed by atoms with Gasteiger partial charge in [0.1, 0.15) is 16.4 Å². The molecule has 1 unspecified atom stereocenters. The van der Waals surface area contributed by atoms with E-state index in [1.54, 1.807) is 12.3 Å². The molecule has 1 atom stereocenters. The van der Waals surface area contributed by atoms with Crippen molar-refractivity contribution in [1.29, 1.82) is 0 Å². The molecule has 4 aromatic heterocycles. The molecule has 5 rings (SSSR count). The number of nitrogens with zero attached hydrogens (tertiary/aromatic N) is 3. The minimum atomic E-state index is -0.176. The van der Waals surface area contributed by atoms with Gasteiger partial charge in [0.2, 0.25) is 5.16 Å². The van der Waals surface area contributed by atoms with E-state index in [2.05, 4.69) is 25.1 Å². The lowest BCUT2D eigenvalue weighted by Crippen LogP contribution is -2.12. The summed E-state index contributed by atoms with van der Waals surface area (Å²) in [5, 5.41) is 10.2. The Labute approximate surface area is 179 Å². The molecule has 0 saturated carbocycles. The molecule has 0 spiro atoms. The SMILES string of the molecule is Cc1ccc(-c2nc(SC(C)c3nc4scc(-c5ccco5)c4c(=O)[nH]3)n[nH]2)cc1. The Bertz CT molecular complexity index is 1370. The van der Waals surface area contributed by atoms with E-state index in [0.29, 0.717) is 32.8 Å². The molecule has 0 aliphatic rings. The largest absolute Gasteiger partial charge is 0.464 e. The molecule has 0 bridgehead atoms. The summed E-state index contributed by atoms with van der Waals surface area (Å²) in [6.45, 7) is 4.01. The number of aromatic amines is 2. The van der Waals surface area contributed by atoms with E-state index in [0.717, 1.165) is 11.1 Å². The summed E-state index contributed by atoms with van der Waals surface area (Å²) in [5.74, 6) is 1.96. The van der Waals surface area contributed by atoms with Crippen molar-refractivity contribution in [2.45, 2.75) is 24.3 Å². The molecule has 30 heavy (non-hydrogen) atoms. The van der Waals surface area contributed by atoms with Crippen LogP contribution in [0.25, 0.3) is 32.9 Å². The number of hydrogen-bond acceptors (Lipinski definition) is 7. The minimum absolute atomic E-state index is 0.127. The molecule has 0 aliphatic carbocycles. The summed E-state index contributed by atoms with van der Waals surface area (Å²) in [5.41, 5.74) is 2.75. The summed E-state index contributed by atoms with van der Waals surface area (Å²) < 4.78 is 5.44. The highest BCUT2D eigenvalue weighted by Gasteiger charge is 2.19. The lowest BCUT2D eigenvalue weighted by Gasteiger charge is -2.08. The van der Waals surface area contributed by atoms with Crippen LogP contribution in [0.3, 0.4) is 0 Å². The van der Waals surface area contributed by atoms with E-state index in [9.17, 15) is 4.79 Å². The number of thioether (sulfide) groups is 1. The molecule has 9 heteroatoms. The van der Waals surface area contributed by atoms with Gasteiger partial charge in [0, 0.05) is 16.5 Å². The molecule has 0 radical (unpaired) electrons. The molecule has 0 amide bonds. The van der Waals surface area contributed by atoms with Crippen molar-refractivity contribution in [3.05, 3.63) is 69.8 Å². The number of rotatable bonds is 5. The molecular weight excluding hydrogens is 418 g/mol. The first-order valence-corrected chi connectivity index (χ1v) is 11.1. The Hall–Kier alpha value is -3.17. The normalized spacial score (nSPS) is 12.5. The summed E-state index contributed by atoms with van der Waals surface area (Å²) >= 11 is 2.87. The monoisotopic (exact) mass is 435 g/mol. The molecule has 0 fully saturated rings. The number of aryl methyl sites for hydroxylation is 1. The molecule has 5 aromatic rings. The number of benzene rings is 1. The van der Waals surface area contributed by atoms with Crippen molar-refractivity contribution in [2.75, 3.05) is 0 Å². The van der Waals surface area contributed by atoms with Crippen LogP contribution in [0.2, 0.25) is 0 Å². The molecule has 4 heterocycles. The maximum Gasteiger partial charge on any atom is 0.260 e. The van der Waals surface area contributed by atoms with Crippen LogP contribution in [-0.4, -0.2) is 25.1 Å². The minimum Gasteiger partial charge on any atom is -0.464 e. The lowest BCUT2D eigenvalue weighted by atomic mass is 10.1. The second-order valence-corrected chi connectivity index (χ2v) is 9.02. The molecule has 2 N–H and O–H groups in total. The van der Waals surface area contributed by atoms with Gasteiger partial charge in [-0.2, -0.15) is 0 Å². The van der Waals surface area contributed by atoms with Crippen LogP contribution in [0.5, 0.6) is 0 Å². The predicted octanol–water partition coefficient (Wildman–Crippen LogP) is 5.19. The van der Waals surface area contributed by atoms with Crippen LogP contribution in [0, 0.1) is 6.92 Å². The maximum absolute atomic E-state index is 12.8. The standard InChI is InChI=1S/C21H17N5O2S2/c1-11-5-7-13(8-6-11)18-24-21(26-25-18)30-12(2)17-22-19(27)16-14(10-29-20(16)23-17)15-4-3-9-28-15/h3-10,12H,1-2H3,(H,22,23,27)(H,24,25,26). The second-order valence-electron chi connectivity index (χ2n) is 6.85. The van der Waals surface area contributed by atoms with Crippen molar-refractivity contribution in [3.8, 4) is 22.7 Å². The fraction of sp³-hybridized carbons (Fsp3) is 0.143. The average molecular weight is 436 g/mol.